The second-order valence-electron chi connectivity index (χ2n) is 2.54. The van der Waals surface area contributed by atoms with Gasteiger partial charge in [0.05, 0.1) is 0 Å². The maximum Gasteiger partial charge on any atom is 0.379 e. The highest BCUT2D eigenvalue weighted by molar-refractivity contribution is 5.78. The zero-order valence-corrected chi connectivity index (χ0v) is 7.86. The molecule has 5 nitrogen and oxygen atoms in total. The van der Waals surface area contributed by atoms with Crippen LogP contribution in [0.25, 0.3) is 0 Å². The number of ether oxygens (including phenoxy) is 2. The molecule has 0 aliphatic heterocycles. The van der Waals surface area contributed by atoms with E-state index < -0.39 is 36.3 Å². The lowest BCUT2D eigenvalue weighted by molar-refractivity contribution is -0.149. The molecule has 0 amide bonds. The van der Waals surface area contributed by atoms with Crippen LogP contribution in [-0.2, 0) is 9.59 Å². The highest BCUT2D eigenvalue weighted by atomic mass is 19.3. The van der Waals surface area contributed by atoms with Crippen LogP contribution < -0.4 is 9.47 Å². The number of alkyl halides is 4. The minimum atomic E-state index is -3.41. The van der Waals surface area contributed by atoms with Gasteiger partial charge in [0, 0.05) is 0 Å². The molecule has 0 aliphatic rings. The molecule has 0 spiro atoms. The maximum atomic E-state index is 11.8. The normalized spacial score (nSPS) is 10.7. The third-order valence-corrected chi connectivity index (χ3v) is 1.37. The van der Waals surface area contributed by atoms with E-state index in [1.54, 1.807) is 0 Å². The van der Waals surface area contributed by atoms with E-state index in [4.69, 9.17) is 0 Å². The molecule has 0 aromatic carbocycles. The number of esters is 2. The second-order valence-corrected chi connectivity index (χ2v) is 2.54. The number of furan rings is 1. The van der Waals surface area contributed by atoms with Crippen molar-refractivity contribution in [2.45, 2.75) is 12.9 Å². The number of carbonyl (C=O) groups is 2. The number of hydrogen-bond acceptors (Lipinski definition) is 5. The molecular formula is C8H4F4O5. The van der Waals surface area contributed by atoms with Gasteiger partial charge in [-0.05, 0) is 0 Å². The summed E-state index contributed by atoms with van der Waals surface area (Å²) in [6.07, 6.45) is -5.53. The molecule has 1 aromatic rings. The molecule has 0 saturated heterocycles. The Hall–Kier alpha value is -2.06. The molecular weight excluding hydrogens is 252 g/mol. The van der Waals surface area contributed by atoms with Crippen LogP contribution in [0.15, 0.2) is 16.9 Å². The van der Waals surface area contributed by atoms with E-state index in [9.17, 15) is 27.2 Å². The van der Waals surface area contributed by atoms with Gasteiger partial charge < -0.3 is 13.9 Å². The first-order valence-corrected chi connectivity index (χ1v) is 3.97. The van der Waals surface area contributed by atoms with Crippen molar-refractivity contribution >= 4 is 11.9 Å². The average molecular weight is 256 g/mol. The van der Waals surface area contributed by atoms with E-state index in [0.29, 0.717) is 12.5 Å². The topological polar surface area (TPSA) is 65.7 Å². The molecule has 0 atom stereocenters. The minimum Gasteiger partial charge on any atom is -0.465 e. The van der Waals surface area contributed by atoms with Crippen molar-refractivity contribution in [1.29, 1.82) is 0 Å². The third-order valence-electron chi connectivity index (χ3n) is 1.37. The lowest BCUT2D eigenvalue weighted by atomic mass is 10.5. The fourth-order valence-electron chi connectivity index (χ4n) is 0.728. The molecule has 1 heterocycles. The Morgan fingerprint density at radius 2 is 1.29 bits per heavy atom. The van der Waals surface area contributed by atoms with Crippen molar-refractivity contribution in [3.63, 3.8) is 0 Å². The average Bonchev–Trinajstić information content (AvgIpc) is 2.65. The van der Waals surface area contributed by atoms with Gasteiger partial charge in [-0.1, -0.05) is 0 Å². The van der Waals surface area contributed by atoms with Gasteiger partial charge in [0.2, 0.25) is 11.5 Å². The summed E-state index contributed by atoms with van der Waals surface area (Å²) in [4.78, 5) is 21.0. The van der Waals surface area contributed by atoms with Gasteiger partial charge in [0.15, 0.2) is 0 Å². The molecule has 0 saturated carbocycles. The predicted molar refractivity (Wildman–Crippen MR) is 42.0 cm³/mol. The van der Waals surface area contributed by atoms with Crippen LogP contribution in [-0.4, -0.2) is 24.8 Å². The maximum absolute atomic E-state index is 11.8. The largest absolute Gasteiger partial charge is 0.465 e. The van der Waals surface area contributed by atoms with E-state index in [-0.39, 0.29) is 0 Å². The quantitative estimate of drug-likeness (QED) is 0.605. The van der Waals surface area contributed by atoms with Crippen LogP contribution in [0.5, 0.6) is 11.5 Å². The standard InChI is InChI=1S/C8H4F4O5/c9-5(10)7(13)16-3-1-15-2-4(3)17-8(14)6(11)12/h1-2,5-6H. The van der Waals surface area contributed by atoms with Crippen molar-refractivity contribution < 1.29 is 41.0 Å². The molecule has 0 unspecified atom stereocenters. The van der Waals surface area contributed by atoms with Gasteiger partial charge in [0.25, 0.3) is 0 Å². The summed E-state index contributed by atoms with van der Waals surface area (Å²) >= 11 is 0. The summed E-state index contributed by atoms with van der Waals surface area (Å²) < 4.78 is 59.6. The van der Waals surface area contributed by atoms with Crippen molar-refractivity contribution in [2.24, 2.45) is 0 Å². The zero-order chi connectivity index (χ0) is 13.0. The molecule has 17 heavy (non-hydrogen) atoms. The first kappa shape index (κ1) is 13.0. The van der Waals surface area contributed by atoms with Crippen LogP contribution in [0, 0.1) is 0 Å². The van der Waals surface area contributed by atoms with Gasteiger partial charge in [0.1, 0.15) is 12.5 Å². The Labute approximate surface area is 90.9 Å². The van der Waals surface area contributed by atoms with Gasteiger partial charge in [-0.3, -0.25) is 0 Å². The Morgan fingerprint density at radius 1 is 0.941 bits per heavy atom. The summed E-state index contributed by atoms with van der Waals surface area (Å²) in [6, 6.07) is 0. The number of rotatable bonds is 4. The Bertz CT molecular complexity index is 377. The minimum absolute atomic E-state index is 0.647. The summed E-state index contributed by atoms with van der Waals surface area (Å²) in [6.45, 7) is 0. The molecule has 94 valence electrons. The smallest absolute Gasteiger partial charge is 0.379 e. The van der Waals surface area contributed by atoms with Crippen LogP contribution >= 0.6 is 0 Å². The third kappa shape index (κ3) is 3.47. The van der Waals surface area contributed by atoms with Crippen molar-refractivity contribution in [1.82, 2.24) is 0 Å². The van der Waals surface area contributed by atoms with E-state index in [0.717, 1.165) is 0 Å². The van der Waals surface area contributed by atoms with Crippen LogP contribution in [0.1, 0.15) is 0 Å². The second kappa shape index (κ2) is 5.32. The Morgan fingerprint density at radius 3 is 1.59 bits per heavy atom. The first-order valence-electron chi connectivity index (χ1n) is 3.97. The van der Waals surface area contributed by atoms with Crippen molar-refractivity contribution in [3.05, 3.63) is 12.5 Å². The fourth-order valence-corrected chi connectivity index (χ4v) is 0.728. The molecule has 0 aliphatic carbocycles. The zero-order valence-electron chi connectivity index (χ0n) is 7.86. The lowest BCUT2D eigenvalue weighted by Crippen LogP contribution is -2.19. The van der Waals surface area contributed by atoms with Crippen molar-refractivity contribution in [2.75, 3.05) is 0 Å². The summed E-state index contributed by atoms with van der Waals surface area (Å²) in [5.74, 6) is -5.24. The number of carbonyl (C=O) groups excluding carboxylic acids is 2. The number of hydrogen-bond donors (Lipinski definition) is 0. The molecule has 0 bridgehead atoms. The first-order chi connectivity index (χ1) is 7.91. The summed E-state index contributed by atoms with van der Waals surface area (Å²) in [7, 11) is 0. The predicted octanol–water partition coefficient (Wildman–Crippen LogP) is 1.62. The van der Waals surface area contributed by atoms with Crippen LogP contribution in [0.3, 0.4) is 0 Å². The summed E-state index contributed by atoms with van der Waals surface area (Å²) in [5, 5.41) is 0. The van der Waals surface area contributed by atoms with Gasteiger partial charge in [-0.25, -0.2) is 9.59 Å². The highest BCUT2D eigenvalue weighted by Crippen LogP contribution is 2.29. The molecule has 9 heteroatoms. The molecule has 0 radical (unpaired) electrons. The van der Waals surface area contributed by atoms with Crippen LogP contribution in [0.2, 0.25) is 0 Å². The molecule has 1 rings (SSSR count). The Balaban J connectivity index is 2.73. The van der Waals surface area contributed by atoms with E-state index in [1.807, 2.05) is 0 Å². The van der Waals surface area contributed by atoms with E-state index in [1.165, 1.54) is 0 Å². The van der Waals surface area contributed by atoms with Crippen molar-refractivity contribution in [3.8, 4) is 11.5 Å². The summed E-state index contributed by atoms with van der Waals surface area (Å²) in [5.41, 5.74) is 0. The fraction of sp³-hybridized carbons (Fsp3) is 0.250. The van der Waals surface area contributed by atoms with E-state index in [2.05, 4.69) is 13.9 Å². The van der Waals surface area contributed by atoms with E-state index >= 15 is 0 Å². The van der Waals surface area contributed by atoms with Crippen LogP contribution in [0.4, 0.5) is 17.6 Å². The Kier molecular flexibility index (Phi) is 4.07. The number of halogens is 4. The SMILES string of the molecule is O=C(Oc1cocc1OC(=O)C(F)F)C(F)F. The molecule has 0 fully saturated rings. The van der Waals surface area contributed by atoms with Gasteiger partial charge in [-0.15, -0.1) is 0 Å². The molecule has 0 N–H and O–H groups in total. The van der Waals surface area contributed by atoms with Gasteiger partial charge >= 0.3 is 24.8 Å². The lowest BCUT2D eigenvalue weighted by Gasteiger charge is -2.04. The molecule has 1 aromatic heterocycles. The highest BCUT2D eigenvalue weighted by Gasteiger charge is 2.24. The van der Waals surface area contributed by atoms with Gasteiger partial charge in [-0.2, -0.15) is 17.6 Å². The monoisotopic (exact) mass is 256 g/mol.